The topological polar surface area (TPSA) is 119 Å². The van der Waals surface area contributed by atoms with E-state index in [1.807, 2.05) is 20.8 Å². The Morgan fingerprint density at radius 2 is 0.738 bits per heavy atom. The monoisotopic (exact) mass is 612 g/mol. The normalized spacial score (nSPS) is 12.6. The molecule has 12 heteroatoms. The summed E-state index contributed by atoms with van der Waals surface area (Å²) in [6.45, 7) is 20.2. The largest absolute Gasteiger partial charge is 0.460 e. The van der Waals surface area contributed by atoms with Gasteiger partial charge < -0.3 is 52.1 Å². The summed E-state index contributed by atoms with van der Waals surface area (Å²) in [5.74, 6) is 0.334. The molecule has 0 aromatic heterocycles. The molecule has 0 fully saturated rings. The fraction of sp³-hybridized carbons (Fsp3) is 0.967. The molecule has 0 N–H and O–H groups in total. The van der Waals surface area contributed by atoms with Gasteiger partial charge in [-0.2, -0.15) is 0 Å². The van der Waals surface area contributed by atoms with Crippen LogP contribution in [0.15, 0.2) is 0 Å². The number of carbonyl (C=O) groups is 1. The summed E-state index contributed by atoms with van der Waals surface area (Å²) < 4.78 is 59.8. The van der Waals surface area contributed by atoms with Crippen molar-refractivity contribution in [2.24, 2.45) is 5.92 Å². The van der Waals surface area contributed by atoms with E-state index in [4.69, 9.17) is 52.1 Å². The molecule has 0 rings (SSSR count). The lowest BCUT2D eigenvalue weighted by Gasteiger charge is -2.19. The summed E-state index contributed by atoms with van der Waals surface area (Å²) in [6.07, 6.45) is 1.37. The number of rotatable bonds is 33. The third-order valence-corrected chi connectivity index (χ3v) is 5.32. The van der Waals surface area contributed by atoms with E-state index in [-0.39, 0.29) is 12.4 Å². The highest BCUT2D eigenvalue weighted by Gasteiger charge is 2.15. The molecule has 0 amide bonds. The van der Waals surface area contributed by atoms with Crippen molar-refractivity contribution in [3.05, 3.63) is 0 Å². The predicted octanol–water partition coefficient (Wildman–Crippen LogP) is 2.93. The van der Waals surface area contributed by atoms with Crippen molar-refractivity contribution in [3.8, 4) is 0 Å². The lowest BCUT2D eigenvalue weighted by molar-refractivity contribution is -0.156. The molecule has 12 nitrogen and oxygen atoms in total. The van der Waals surface area contributed by atoms with Crippen molar-refractivity contribution in [3.63, 3.8) is 0 Å². The quantitative estimate of drug-likeness (QED) is 0.0801. The van der Waals surface area contributed by atoms with Gasteiger partial charge in [-0.05, 0) is 26.7 Å². The van der Waals surface area contributed by atoms with Gasteiger partial charge >= 0.3 is 5.97 Å². The number of hydrogen-bond acceptors (Lipinski definition) is 12. The van der Waals surface area contributed by atoms with Crippen LogP contribution in [0.5, 0.6) is 0 Å². The van der Waals surface area contributed by atoms with E-state index in [1.165, 1.54) is 0 Å². The van der Waals surface area contributed by atoms with E-state index in [0.717, 1.165) is 13.0 Å². The van der Waals surface area contributed by atoms with Crippen molar-refractivity contribution < 1.29 is 56.9 Å². The maximum atomic E-state index is 11.5. The summed E-state index contributed by atoms with van der Waals surface area (Å²) in [7, 11) is 0. The molecule has 42 heavy (non-hydrogen) atoms. The molecule has 252 valence electrons. The van der Waals surface area contributed by atoms with Crippen molar-refractivity contribution in [1.82, 2.24) is 0 Å². The molecule has 0 saturated carbocycles. The predicted molar refractivity (Wildman–Crippen MR) is 158 cm³/mol. The molecule has 0 radical (unpaired) electrons. The zero-order valence-electron chi connectivity index (χ0n) is 27.0. The molecule has 0 heterocycles. The first-order valence-electron chi connectivity index (χ1n) is 15.3. The Bertz CT molecular complexity index is 559. The fourth-order valence-corrected chi connectivity index (χ4v) is 2.93. The van der Waals surface area contributed by atoms with Gasteiger partial charge in [0.25, 0.3) is 0 Å². The van der Waals surface area contributed by atoms with Gasteiger partial charge in [0, 0.05) is 6.61 Å². The van der Waals surface area contributed by atoms with Crippen LogP contribution in [0, 0.1) is 5.92 Å². The first-order valence-corrected chi connectivity index (χ1v) is 15.3. The Kier molecular flexibility index (Phi) is 30.8. The first-order chi connectivity index (χ1) is 20.3. The zero-order valence-corrected chi connectivity index (χ0v) is 27.0. The Labute approximate surface area is 254 Å². The van der Waals surface area contributed by atoms with Crippen molar-refractivity contribution in [2.75, 3.05) is 132 Å². The maximum Gasteiger partial charge on any atom is 0.308 e. The van der Waals surface area contributed by atoms with Crippen LogP contribution in [0.1, 0.15) is 47.5 Å². The van der Waals surface area contributed by atoms with E-state index in [9.17, 15) is 4.79 Å². The molecule has 0 bridgehead atoms. The summed E-state index contributed by atoms with van der Waals surface area (Å²) in [4.78, 5) is 11.5. The molecule has 1 atom stereocenters. The Hall–Kier alpha value is -0.930. The Balaban J connectivity index is 3.10. The highest BCUT2D eigenvalue weighted by atomic mass is 16.6. The van der Waals surface area contributed by atoms with Crippen molar-refractivity contribution in [2.45, 2.75) is 53.1 Å². The van der Waals surface area contributed by atoms with Crippen LogP contribution >= 0.6 is 0 Å². The third-order valence-electron chi connectivity index (χ3n) is 5.32. The number of ether oxygens (including phenoxy) is 11. The minimum Gasteiger partial charge on any atom is -0.460 e. The zero-order chi connectivity index (χ0) is 31.0. The number of carbonyl (C=O) groups excluding carboxylic acids is 1. The van der Waals surface area contributed by atoms with E-state index < -0.39 is 5.60 Å². The Morgan fingerprint density at radius 3 is 1.00 bits per heavy atom. The highest BCUT2D eigenvalue weighted by molar-refractivity contribution is 5.69. The molecular weight excluding hydrogens is 552 g/mol. The van der Waals surface area contributed by atoms with Gasteiger partial charge in [0.05, 0.1) is 132 Å². The first kappa shape index (κ1) is 41.1. The molecule has 0 aliphatic rings. The van der Waals surface area contributed by atoms with Gasteiger partial charge in [0.15, 0.2) is 0 Å². The molecule has 1 unspecified atom stereocenters. The van der Waals surface area contributed by atoms with E-state index >= 15 is 0 Å². The van der Waals surface area contributed by atoms with Crippen LogP contribution < -0.4 is 0 Å². The minimum absolute atomic E-state index is 0.236. The number of esters is 1. The lowest BCUT2D eigenvalue weighted by Crippen LogP contribution is -2.24. The lowest BCUT2D eigenvalue weighted by atomic mass is 10.1. The van der Waals surface area contributed by atoms with Gasteiger partial charge in [0.1, 0.15) is 5.60 Å². The fourth-order valence-electron chi connectivity index (χ4n) is 2.93. The van der Waals surface area contributed by atoms with Gasteiger partial charge in [0.2, 0.25) is 0 Å². The average Bonchev–Trinajstić information content (AvgIpc) is 2.94. The maximum absolute atomic E-state index is 11.5. The summed E-state index contributed by atoms with van der Waals surface area (Å²) >= 11 is 0. The smallest absolute Gasteiger partial charge is 0.308 e. The molecule has 0 aromatic carbocycles. The van der Waals surface area contributed by atoms with Crippen LogP contribution in [-0.4, -0.2) is 144 Å². The SMILES string of the molecule is CCC(C)COCCOCCOCCOCCOCCOCCOCCOCCOCCOCCC(=O)OC(C)(C)C. The van der Waals surface area contributed by atoms with Gasteiger partial charge in [-0.15, -0.1) is 0 Å². The van der Waals surface area contributed by atoms with Crippen LogP contribution in [0.3, 0.4) is 0 Å². The van der Waals surface area contributed by atoms with Crippen LogP contribution in [0.4, 0.5) is 0 Å². The van der Waals surface area contributed by atoms with E-state index in [2.05, 4.69) is 13.8 Å². The molecule has 0 saturated heterocycles. The van der Waals surface area contributed by atoms with Gasteiger partial charge in [-0.25, -0.2) is 0 Å². The van der Waals surface area contributed by atoms with Crippen LogP contribution in [-0.2, 0) is 56.9 Å². The standard InChI is InChI=1S/C30H60O12/c1-6-28(2)27-41-26-25-40-24-23-39-22-21-38-20-19-37-18-17-36-16-15-35-14-13-34-12-11-33-10-9-32-8-7-29(31)42-30(3,4)5/h28H,6-27H2,1-5H3. The summed E-state index contributed by atoms with van der Waals surface area (Å²) in [5, 5.41) is 0. The molecule has 0 aliphatic heterocycles. The van der Waals surface area contributed by atoms with Gasteiger partial charge in [-0.1, -0.05) is 20.3 Å². The van der Waals surface area contributed by atoms with E-state index in [1.54, 1.807) is 0 Å². The third kappa shape index (κ3) is 35.3. The molecule has 0 spiro atoms. The summed E-state index contributed by atoms with van der Waals surface area (Å²) in [5.41, 5.74) is -0.470. The van der Waals surface area contributed by atoms with Crippen LogP contribution in [0.25, 0.3) is 0 Å². The van der Waals surface area contributed by atoms with Crippen LogP contribution in [0.2, 0.25) is 0 Å². The number of hydrogen-bond donors (Lipinski definition) is 0. The average molecular weight is 613 g/mol. The van der Waals surface area contributed by atoms with Crippen molar-refractivity contribution >= 4 is 5.97 Å². The highest BCUT2D eigenvalue weighted by Crippen LogP contribution is 2.08. The molecule has 0 aromatic rings. The molecular formula is C30H60O12. The summed E-state index contributed by atoms with van der Waals surface area (Å²) in [6, 6.07) is 0. The van der Waals surface area contributed by atoms with E-state index in [0.29, 0.717) is 131 Å². The minimum atomic E-state index is -0.470. The second-order valence-corrected chi connectivity index (χ2v) is 10.4. The second-order valence-electron chi connectivity index (χ2n) is 10.4. The van der Waals surface area contributed by atoms with Crippen molar-refractivity contribution in [1.29, 1.82) is 0 Å². The second kappa shape index (κ2) is 31.5. The molecule has 0 aliphatic carbocycles. The Morgan fingerprint density at radius 1 is 0.476 bits per heavy atom. The van der Waals surface area contributed by atoms with Gasteiger partial charge in [-0.3, -0.25) is 4.79 Å².